The van der Waals surface area contributed by atoms with E-state index >= 15 is 0 Å². The van der Waals surface area contributed by atoms with Crippen molar-refractivity contribution in [1.29, 1.82) is 0 Å². The maximum absolute atomic E-state index is 4.66. The molecular weight excluding hydrogens is 226 g/mol. The molecular formula is C13H23N5. The third-order valence-corrected chi connectivity index (χ3v) is 3.51. The minimum atomic E-state index is 0.863. The summed E-state index contributed by atoms with van der Waals surface area (Å²) in [6.45, 7) is 11.3. The Morgan fingerprint density at radius 2 is 1.78 bits per heavy atom. The average molecular weight is 249 g/mol. The molecule has 0 aromatic carbocycles. The van der Waals surface area contributed by atoms with Crippen molar-refractivity contribution in [3.8, 4) is 0 Å². The van der Waals surface area contributed by atoms with Crippen LogP contribution >= 0.6 is 0 Å². The standard InChI is InChI=1S/C13H23N5/c1-5-14-12-10(2)11(3)15-13(16-12)18-8-6-17(4)7-9-18/h5-9H2,1-4H3,(H,14,15,16). The summed E-state index contributed by atoms with van der Waals surface area (Å²) in [6.07, 6.45) is 0. The fourth-order valence-corrected chi connectivity index (χ4v) is 2.10. The van der Waals surface area contributed by atoms with Crippen LogP contribution < -0.4 is 10.2 Å². The second-order valence-corrected chi connectivity index (χ2v) is 4.90. The van der Waals surface area contributed by atoms with Gasteiger partial charge in [-0.05, 0) is 27.8 Å². The van der Waals surface area contributed by atoms with Gasteiger partial charge in [0.25, 0.3) is 0 Å². The number of anilines is 2. The number of likely N-dealkylation sites (N-methyl/N-ethyl adjacent to an activating group) is 1. The molecule has 0 amide bonds. The molecule has 2 heterocycles. The highest BCUT2D eigenvalue weighted by Gasteiger charge is 2.18. The second-order valence-electron chi connectivity index (χ2n) is 4.90. The molecule has 18 heavy (non-hydrogen) atoms. The molecule has 0 radical (unpaired) electrons. The molecule has 0 spiro atoms. The maximum atomic E-state index is 4.66. The minimum absolute atomic E-state index is 0.863. The van der Waals surface area contributed by atoms with E-state index in [-0.39, 0.29) is 0 Å². The van der Waals surface area contributed by atoms with Gasteiger partial charge in [-0.25, -0.2) is 4.98 Å². The third-order valence-electron chi connectivity index (χ3n) is 3.51. The summed E-state index contributed by atoms with van der Waals surface area (Å²) in [4.78, 5) is 13.9. The van der Waals surface area contributed by atoms with Gasteiger partial charge in [0.1, 0.15) is 5.82 Å². The first-order valence-electron chi connectivity index (χ1n) is 6.64. The van der Waals surface area contributed by atoms with Crippen LogP contribution in [0.3, 0.4) is 0 Å². The molecule has 1 aliphatic rings. The lowest BCUT2D eigenvalue weighted by Gasteiger charge is -2.32. The van der Waals surface area contributed by atoms with Crippen molar-refractivity contribution in [2.75, 3.05) is 50.0 Å². The van der Waals surface area contributed by atoms with Gasteiger partial charge >= 0.3 is 0 Å². The van der Waals surface area contributed by atoms with E-state index < -0.39 is 0 Å². The maximum Gasteiger partial charge on any atom is 0.227 e. The summed E-state index contributed by atoms with van der Waals surface area (Å²) in [5.41, 5.74) is 2.21. The predicted molar refractivity (Wildman–Crippen MR) is 75.4 cm³/mol. The Morgan fingerprint density at radius 3 is 2.39 bits per heavy atom. The first-order valence-corrected chi connectivity index (χ1v) is 6.64. The topological polar surface area (TPSA) is 44.3 Å². The number of hydrogen-bond acceptors (Lipinski definition) is 5. The Hall–Kier alpha value is -1.36. The lowest BCUT2D eigenvalue weighted by Crippen LogP contribution is -2.45. The van der Waals surface area contributed by atoms with E-state index in [1.807, 2.05) is 0 Å². The molecule has 0 unspecified atom stereocenters. The zero-order valence-corrected chi connectivity index (χ0v) is 11.8. The van der Waals surface area contributed by atoms with E-state index in [1.54, 1.807) is 0 Å². The molecule has 1 fully saturated rings. The lowest BCUT2D eigenvalue weighted by molar-refractivity contribution is 0.311. The molecule has 1 N–H and O–H groups in total. The third kappa shape index (κ3) is 2.72. The summed E-state index contributed by atoms with van der Waals surface area (Å²) in [5, 5.41) is 3.32. The zero-order valence-electron chi connectivity index (χ0n) is 11.8. The molecule has 2 rings (SSSR count). The fraction of sp³-hybridized carbons (Fsp3) is 0.692. The van der Waals surface area contributed by atoms with E-state index in [1.165, 1.54) is 0 Å². The van der Waals surface area contributed by atoms with E-state index in [2.05, 4.69) is 52.9 Å². The van der Waals surface area contributed by atoms with Gasteiger partial charge in [0.15, 0.2) is 0 Å². The van der Waals surface area contributed by atoms with Crippen molar-refractivity contribution in [2.24, 2.45) is 0 Å². The number of aryl methyl sites for hydroxylation is 1. The summed E-state index contributed by atoms with van der Waals surface area (Å²) >= 11 is 0. The normalized spacial score (nSPS) is 17.0. The van der Waals surface area contributed by atoms with Gasteiger partial charge in [0.05, 0.1) is 0 Å². The van der Waals surface area contributed by atoms with Gasteiger partial charge < -0.3 is 15.1 Å². The summed E-state index contributed by atoms with van der Waals surface area (Å²) < 4.78 is 0. The smallest absolute Gasteiger partial charge is 0.227 e. The quantitative estimate of drug-likeness (QED) is 0.874. The highest BCUT2D eigenvalue weighted by Crippen LogP contribution is 2.19. The first-order chi connectivity index (χ1) is 8.61. The molecule has 0 atom stereocenters. The van der Waals surface area contributed by atoms with Crippen LogP contribution in [-0.2, 0) is 0 Å². The van der Waals surface area contributed by atoms with Crippen molar-refractivity contribution in [3.05, 3.63) is 11.3 Å². The molecule has 1 aromatic rings. The molecule has 1 aromatic heterocycles. The number of piperazine rings is 1. The van der Waals surface area contributed by atoms with E-state index in [9.17, 15) is 0 Å². The Labute approximate surface area is 109 Å². The molecule has 100 valence electrons. The fourth-order valence-electron chi connectivity index (χ4n) is 2.10. The molecule has 1 aliphatic heterocycles. The van der Waals surface area contributed by atoms with E-state index in [0.717, 1.165) is 55.7 Å². The Kier molecular flexibility index (Phi) is 4.01. The van der Waals surface area contributed by atoms with Crippen LogP contribution in [0.25, 0.3) is 0 Å². The van der Waals surface area contributed by atoms with E-state index in [4.69, 9.17) is 0 Å². The van der Waals surface area contributed by atoms with Gasteiger partial charge in [-0.1, -0.05) is 0 Å². The Balaban J connectivity index is 2.22. The molecule has 0 saturated carbocycles. The SMILES string of the molecule is CCNc1nc(N2CCN(C)CC2)nc(C)c1C. The van der Waals surface area contributed by atoms with Crippen LogP contribution in [0.15, 0.2) is 0 Å². The van der Waals surface area contributed by atoms with Gasteiger partial charge in [-0.2, -0.15) is 4.98 Å². The monoisotopic (exact) mass is 249 g/mol. The highest BCUT2D eigenvalue weighted by atomic mass is 15.3. The van der Waals surface area contributed by atoms with Gasteiger partial charge in [0.2, 0.25) is 5.95 Å². The summed E-state index contributed by atoms with van der Waals surface area (Å²) in [7, 11) is 2.16. The lowest BCUT2D eigenvalue weighted by atomic mass is 10.2. The van der Waals surface area contributed by atoms with Gasteiger partial charge in [-0.15, -0.1) is 0 Å². The predicted octanol–water partition coefficient (Wildman–Crippen LogP) is 1.28. The Morgan fingerprint density at radius 1 is 1.11 bits per heavy atom. The van der Waals surface area contributed by atoms with Crippen molar-refractivity contribution in [3.63, 3.8) is 0 Å². The van der Waals surface area contributed by atoms with Crippen molar-refractivity contribution < 1.29 is 0 Å². The van der Waals surface area contributed by atoms with E-state index in [0.29, 0.717) is 0 Å². The number of rotatable bonds is 3. The number of aromatic nitrogens is 2. The van der Waals surface area contributed by atoms with Crippen molar-refractivity contribution in [1.82, 2.24) is 14.9 Å². The molecule has 5 heteroatoms. The van der Waals surface area contributed by atoms with Crippen LogP contribution in [0, 0.1) is 13.8 Å². The summed E-state index contributed by atoms with van der Waals surface area (Å²) in [6, 6.07) is 0. The zero-order chi connectivity index (χ0) is 13.1. The highest BCUT2D eigenvalue weighted by molar-refractivity contribution is 5.50. The van der Waals surface area contributed by atoms with Crippen LogP contribution in [0.4, 0.5) is 11.8 Å². The van der Waals surface area contributed by atoms with Gasteiger partial charge in [-0.3, -0.25) is 0 Å². The second kappa shape index (κ2) is 5.52. The van der Waals surface area contributed by atoms with Gasteiger partial charge in [0, 0.05) is 44.0 Å². The first kappa shape index (κ1) is 13.1. The average Bonchev–Trinajstić information content (AvgIpc) is 2.36. The molecule has 0 bridgehead atoms. The minimum Gasteiger partial charge on any atom is -0.370 e. The molecule has 5 nitrogen and oxygen atoms in total. The molecule has 0 aliphatic carbocycles. The van der Waals surface area contributed by atoms with Crippen molar-refractivity contribution in [2.45, 2.75) is 20.8 Å². The number of nitrogens with zero attached hydrogens (tertiary/aromatic N) is 4. The summed E-state index contributed by atoms with van der Waals surface area (Å²) in [5.74, 6) is 1.83. The molecule has 1 saturated heterocycles. The largest absolute Gasteiger partial charge is 0.370 e. The van der Waals surface area contributed by atoms with Crippen molar-refractivity contribution >= 4 is 11.8 Å². The van der Waals surface area contributed by atoms with Crippen LogP contribution in [0.2, 0.25) is 0 Å². The van der Waals surface area contributed by atoms with Crippen LogP contribution in [0.5, 0.6) is 0 Å². The number of hydrogen-bond donors (Lipinski definition) is 1. The Bertz CT molecular complexity index is 410. The van der Waals surface area contributed by atoms with Crippen LogP contribution in [-0.4, -0.2) is 54.6 Å². The van der Waals surface area contributed by atoms with Crippen LogP contribution in [0.1, 0.15) is 18.2 Å². The number of nitrogens with one attached hydrogen (secondary N) is 1.